The van der Waals surface area contributed by atoms with Crippen molar-refractivity contribution < 1.29 is 14.0 Å². The van der Waals surface area contributed by atoms with E-state index in [1.807, 2.05) is 55.5 Å². The standard InChI is InChI=1S/C32H32N2O4/c1-4-17-33(32(37)26-14-12-24(5-2)13-15-26)21-30(35)34(19-25-9-7-6-8-10-25)20-27-22-38-29-16-11-23(3)18-28(29)31(27)36/h4,6-16,18,22H,1,5,17,19-21H2,2-3H3. The fourth-order valence-electron chi connectivity index (χ4n) is 4.34. The van der Waals surface area contributed by atoms with E-state index in [0.717, 1.165) is 23.1 Å². The predicted octanol–water partition coefficient (Wildman–Crippen LogP) is 5.52. The fraction of sp³-hybridized carbons (Fsp3) is 0.219. The number of hydrogen-bond donors (Lipinski definition) is 0. The van der Waals surface area contributed by atoms with Crippen molar-refractivity contribution in [2.24, 2.45) is 0 Å². The van der Waals surface area contributed by atoms with E-state index in [2.05, 4.69) is 13.5 Å². The van der Waals surface area contributed by atoms with Crippen LogP contribution in [0.2, 0.25) is 0 Å². The number of aryl methyl sites for hydroxylation is 2. The van der Waals surface area contributed by atoms with E-state index in [0.29, 0.717) is 22.1 Å². The van der Waals surface area contributed by atoms with Crippen molar-refractivity contribution in [2.75, 3.05) is 13.1 Å². The molecule has 0 fully saturated rings. The lowest BCUT2D eigenvalue weighted by Gasteiger charge is -2.27. The van der Waals surface area contributed by atoms with Crippen LogP contribution in [0.3, 0.4) is 0 Å². The minimum atomic E-state index is -0.280. The van der Waals surface area contributed by atoms with Crippen LogP contribution in [0.1, 0.15) is 39.5 Å². The van der Waals surface area contributed by atoms with Gasteiger partial charge >= 0.3 is 0 Å². The first-order chi connectivity index (χ1) is 18.4. The van der Waals surface area contributed by atoms with Gasteiger partial charge < -0.3 is 14.2 Å². The van der Waals surface area contributed by atoms with E-state index in [4.69, 9.17) is 4.42 Å². The number of carbonyl (C=O) groups is 2. The zero-order chi connectivity index (χ0) is 27.1. The van der Waals surface area contributed by atoms with Crippen LogP contribution in [-0.4, -0.2) is 34.7 Å². The van der Waals surface area contributed by atoms with Crippen molar-refractivity contribution in [3.63, 3.8) is 0 Å². The van der Waals surface area contributed by atoms with Gasteiger partial charge in [0.15, 0.2) is 5.43 Å². The molecule has 0 aliphatic heterocycles. The monoisotopic (exact) mass is 508 g/mol. The molecule has 0 radical (unpaired) electrons. The lowest BCUT2D eigenvalue weighted by Crippen LogP contribution is -2.43. The number of fused-ring (bicyclic) bond motifs is 1. The molecule has 4 aromatic rings. The molecule has 38 heavy (non-hydrogen) atoms. The van der Waals surface area contributed by atoms with Crippen LogP contribution >= 0.6 is 0 Å². The highest BCUT2D eigenvalue weighted by atomic mass is 16.3. The number of carbonyl (C=O) groups excluding carboxylic acids is 2. The lowest BCUT2D eigenvalue weighted by molar-refractivity contribution is -0.133. The molecular weight excluding hydrogens is 476 g/mol. The van der Waals surface area contributed by atoms with Gasteiger partial charge in [-0.1, -0.05) is 67.1 Å². The Bertz CT molecular complexity index is 1490. The summed E-state index contributed by atoms with van der Waals surface area (Å²) in [5.41, 5.74) is 4.22. The summed E-state index contributed by atoms with van der Waals surface area (Å²) >= 11 is 0. The van der Waals surface area contributed by atoms with Crippen molar-refractivity contribution >= 4 is 22.8 Å². The second-order valence-electron chi connectivity index (χ2n) is 9.35. The van der Waals surface area contributed by atoms with E-state index in [1.54, 1.807) is 35.2 Å². The summed E-state index contributed by atoms with van der Waals surface area (Å²) in [5.74, 6) is -0.528. The van der Waals surface area contributed by atoms with E-state index in [-0.39, 0.29) is 43.4 Å². The fourth-order valence-corrected chi connectivity index (χ4v) is 4.34. The summed E-state index contributed by atoms with van der Waals surface area (Å²) in [7, 11) is 0. The Labute approximate surface area is 222 Å². The van der Waals surface area contributed by atoms with Crippen LogP contribution in [0, 0.1) is 6.92 Å². The Hall–Kier alpha value is -4.45. The zero-order valence-electron chi connectivity index (χ0n) is 21.9. The van der Waals surface area contributed by atoms with E-state index in [1.165, 1.54) is 11.2 Å². The van der Waals surface area contributed by atoms with Gasteiger partial charge in [-0.3, -0.25) is 14.4 Å². The third-order valence-electron chi connectivity index (χ3n) is 6.50. The largest absolute Gasteiger partial charge is 0.464 e. The molecule has 0 aliphatic rings. The zero-order valence-corrected chi connectivity index (χ0v) is 21.9. The predicted molar refractivity (Wildman–Crippen MR) is 150 cm³/mol. The summed E-state index contributed by atoms with van der Waals surface area (Å²) in [6.07, 6.45) is 3.90. The SMILES string of the molecule is C=CCN(CC(=O)N(Cc1ccccc1)Cc1coc2ccc(C)cc2c1=O)C(=O)c1ccc(CC)cc1. The Morgan fingerprint density at radius 3 is 2.34 bits per heavy atom. The highest BCUT2D eigenvalue weighted by Crippen LogP contribution is 2.16. The summed E-state index contributed by atoms with van der Waals surface area (Å²) in [6.45, 7) is 8.15. The van der Waals surface area contributed by atoms with Crippen molar-refractivity contribution in [3.05, 3.63) is 130 Å². The molecule has 4 rings (SSSR count). The number of amides is 2. The number of hydrogen-bond acceptors (Lipinski definition) is 4. The van der Waals surface area contributed by atoms with Gasteiger partial charge in [0.1, 0.15) is 12.1 Å². The van der Waals surface area contributed by atoms with Crippen molar-refractivity contribution in [1.29, 1.82) is 0 Å². The maximum Gasteiger partial charge on any atom is 0.254 e. The minimum Gasteiger partial charge on any atom is -0.464 e. The highest BCUT2D eigenvalue weighted by molar-refractivity contribution is 5.96. The molecule has 0 aliphatic carbocycles. The third-order valence-corrected chi connectivity index (χ3v) is 6.50. The van der Waals surface area contributed by atoms with E-state index in [9.17, 15) is 14.4 Å². The molecule has 6 heteroatoms. The topological polar surface area (TPSA) is 70.8 Å². The van der Waals surface area contributed by atoms with Crippen molar-refractivity contribution in [2.45, 2.75) is 33.4 Å². The van der Waals surface area contributed by atoms with Gasteiger partial charge in [0, 0.05) is 18.7 Å². The van der Waals surface area contributed by atoms with Gasteiger partial charge in [-0.05, 0) is 48.7 Å². The number of benzene rings is 3. The smallest absolute Gasteiger partial charge is 0.254 e. The number of nitrogens with zero attached hydrogens (tertiary/aromatic N) is 2. The van der Waals surface area contributed by atoms with E-state index >= 15 is 0 Å². The van der Waals surface area contributed by atoms with Gasteiger partial charge in [0.25, 0.3) is 5.91 Å². The molecule has 0 saturated heterocycles. The van der Waals surface area contributed by atoms with Gasteiger partial charge in [-0.2, -0.15) is 0 Å². The van der Waals surface area contributed by atoms with Crippen LogP contribution in [0.5, 0.6) is 0 Å². The molecule has 1 heterocycles. The molecule has 0 atom stereocenters. The van der Waals surface area contributed by atoms with Crippen LogP contribution < -0.4 is 5.43 Å². The van der Waals surface area contributed by atoms with Crippen molar-refractivity contribution in [3.8, 4) is 0 Å². The molecule has 1 aromatic heterocycles. The quantitative estimate of drug-likeness (QED) is 0.265. The lowest BCUT2D eigenvalue weighted by atomic mass is 10.1. The molecule has 0 saturated carbocycles. The Kier molecular flexibility index (Phi) is 8.54. The molecule has 194 valence electrons. The molecule has 0 unspecified atom stereocenters. The second kappa shape index (κ2) is 12.2. The Morgan fingerprint density at radius 1 is 0.921 bits per heavy atom. The third kappa shape index (κ3) is 6.27. The minimum absolute atomic E-state index is 0.0568. The Morgan fingerprint density at radius 2 is 1.66 bits per heavy atom. The summed E-state index contributed by atoms with van der Waals surface area (Å²) in [6, 6.07) is 22.4. The van der Waals surface area contributed by atoms with Crippen molar-refractivity contribution in [1.82, 2.24) is 9.80 Å². The maximum atomic E-state index is 13.7. The summed E-state index contributed by atoms with van der Waals surface area (Å²) in [5, 5.41) is 0.480. The first-order valence-corrected chi connectivity index (χ1v) is 12.7. The molecule has 3 aromatic carbocycles. The second-order valence-corrected chi connectivity index (χ2v) is 9.35. The average Bonchev–Trinajstić information content (AvgIpc) is 2.94. The summed E-state index contributed by atoms with van der Waals surface area (Å²) < 4.78 is 5.73. The first-order valence-electron chi connectivity index (χ1n) is 12.7. The molecule has 2 amide bonds. The normalized spacial score (nSPS) is 10.8. The molecule has 0 N–H and O–H groups in total. The first kappa shape index (κ1) is 26.6. The molecule has 0 bridgehead atoms. The van der Waals surface area contributed by atoms with Gasteiger partial charge in [-0.25, -0.2) is 0 Å². The molecule has 6 nitrogen and oxygen atoms in total. The molecule has 0 spiro atoms. The average molecular weight is 509 g/mol. The van der Waals surface area contributed by atoms with E-state index < -0.39 is 0 Å². The summed E-state index contributed by atoms with van der Waals surface area (Å²) in [4.78, 5) is 43.3. The number of rotatable bonds is 10. The van der Waals surface area contributed by atoms with Gasteiger partial charge in [0.05, 0.1) is 23.8 Å². The highest BCUT2D eigenvalue weighted by Gasteiger charge is 2.23. The van der Waals surface area contributed by atoms with Crippen LogP contribution in [-0.2, 0) is 24.3 Å². The van der Waals surface area contributed by atoms with Crippen LogP contribution in [0.4, 0.5) is 0 Å². The van der Waals surface area contributed by atoms with Gasteiger partial charge in [-0.15, -0.1) is 6.58 Å². The Balaban J connectivity index is 1.62. The molecular formula is C32H32N2O4. The maximum absolute atomic E-state index is 13.7. The van der Waals surface area contributed by atoms with Crippen LogP contribution in [0.25, 0.3) is 11.0 Å². The van der Waals surface area contributed by atoms with Gasteiger partial charge in [0.2, 0.25) is 5.91 Å². The van der Waals surface area contributed by atoms with Crippen LogP contribution in [0.15, 0.2) is 101 Å².